The number of hydrogen-bond acceptors (Lipinski definition) is 3. The van der Waals surface area contributed by atoms with Gasteiger partial charge in [0, 0.05) is 21.4 Å². The number of thiol groups is 1. The second-order valence-electron chi connectivity index (χ2n) is 4.70. The molecule has 0 aliphatic carbocycles. The van der Waals surface area contributed by atoms with Crippen LogP contribution in [0.25, 0.3) is 10.9 Å². The van der Waals surface area contributed by atoms with Gasteiger partial charge in [-0.15, -0.1) is 12.6 Å². The van der Waals surface area contributed by atoms with Gasteiger partial charge in [-0.1, -0.05) is 48.6 Å². The zero-order valence-electron chi connectivity index (χ0n) is 10.4. The number of nitrogens with one attached hydrogen (secondary N) is 1. The highest BCUT2D eigenvalue weighted by Crippen LogP contribution is 2.33. The van der Waals surface area contributed by atoms with Crippen molar-refractivity contribution < 1.29 is 0 Å². The van der Waals surface area contributed by atoms with Crippen LogP contribution in [-0.4, -0.2) is 15.6 Å². The van der Waals surface area contributed by atoms with E-state index in [0.717, 1.165) is 43.3 Å². The maximum absolute atomic E-state index is 5.56. The van der Waals surface area contributed by atoms with Crippen LogP contribution in [0.5, 0.6) is 0 Å². The highest BCUT2D eigenvalue weighted by Gasteiger charge is 2.25. The molecule has 0 atom stereocenters. The third-order valence-electron chi connectivity index (χ3n) is 3.51. The summed E-state index contributed by atoms with van der Waals surface area (Å²) in [5, 5.41) is 1.09. The number of aromatic nitrogens is 1. The fourth-order valence-corrected chi connectivity index (χ4v) is 3.21. The Hall–Kier alpha value is -1.91. The number of benzene rings is 2. The zero-order valence-corrected chi connectivity index (χ0v) is 12.1. The molecule has 0 saturated carbocycles. The fraction of sp³-hybridized carbons (Fsp3) is 0. The number of rotatable bonds is 1. The number of para-hydroxylation sites is 2. The molecule has 0 radical (unpaired) electrons. The second kappa shape index (κ2) is 4.30. The van der Waals surface area contributed by atoms with Gasteiger partial charge < -0.3 is 4.98 Å². The minimum Gasteiger partial charge on any atom is -0.352 e. The van der Waals surface area contributed by atoms with E-state index in [1.165, 1.54) is 0 Å². The van der Waals surface area contributed by atoms with Crippen molar-refractivity contribution in [2.45, 2.75) is 4.90 Å². The molecule has 2 aromatic carbocycles. The topological polar surface area (TPSA) is 28.1 Å². The first-order valence-electron chi connectivity index (χ1n) is 6.28. The predicted octanol–water partition coefficient (Wildman–Crippen LogP) is 4.31. The first kappa shape index (κ1) is 11.9. The van der Waals surface area contributed by atoms with Gasteiger partial charge in [0.2, 0.25) is 0 Å². The molecule has 0 unspecified atom stereocenters. The standard InChI is InChI=1S/C16H10N2S2/c19-15-9-5-1-3-7-11(9)17-13(15)14-16(20)10-6-2-4-8-12(10)18-14/h1-8,17,19H. The van der Waals surface area contributed by atoms with Crippen molar-refractivity contribution in [2.75, 3.05) is 0 Å². The van der Waals surface area contributed by atoms with E-state index in [1.807, 2.05) is 48.5 Å². The lowest BCUT2D eigenvalue weighted by Gasteiger charge is -2.00. The van der Waals surface area contributed by atoms with E-state index in [0.29, 0.717) is 0 Å². The largest absolute Gasteiger partial charge is 0.352 e. The Morgan fingerprint density at radius 2 is 1.75 bits per heavy atom. The van der Waals surface area contributed by atoms with Crippen LogP contribution in [0.1, 0.15) is 11.3 Å². The number of aromatic amines is 1. The van der Waals surface area contributed by atoms with Crippen LogP contribution in [0, 0.1) is 0 Å². The van der Waals surface area contributed by atoms with E-state index in [1.54, 1.807) is 0 Å². The Morgan fingerprint density at radius 1 is 1.00 bits per heavy atom. The number of fused-ring (bicyclic) bond motifs is 2. The van der Waals surface area contributed by atoms with E-state index < -0.39 is 0 Å². The quantitative estimate of drug-likeness (QED) is 0.508. The average Bonchev–Trinajstić information content (AvgIpc) is 2.98. The molecule has 1 aromatic heterocycles. The molecule has 0 spiro atoms. The highest BCUT2D eigenvalue weighted by atomic mass is 32.1. The molecule has 1 aliphatic heterocycles. The summed E-state index contributed by atoms with van der Waals surface area (Å²) in [6, 6.07) is 16.0. The number of H-pyrrole nitrogens is 1. The number of aliphatic imine (C=N–C) groups is 1. The number of hydrogen-bond donors (Lipinski definition) is 2. The van der Waals surface area contributed by atoms with E-state index in [2.05, 4.69) is 22.6 Å². The minimum absolute atomic E-state index is 0.780. The van der Waals surface area contributed by atoms with Crippen molar-refractivity contribution in [1.29, 1.82) is 0 Å². The Labute approximate surface area is 127 Å². The van der Waals surface area contributed by atoms with Gasteiger partial charge in [-0.2, -0.15) is 0 Å². The summed E-state index contributed by atoms with van der Waals surface area (Å²) in [5.41, 5.74) is 4.70. The SMILES string of the molecule is S=C1C(c2[nH]c3ccccc3c2S)=Nc2ccccc21. The summed E-state index contributed by atoms with van der Waals surface area (Å²) in [4.78, 5) is 9.71. The Bertz CT molecular complexity index is 890. The summed E-state index contributed by atoms with van der Waals surface area (Å²) < 4.78 is 0. The van der Waals surface area contributed by atoms with E-state index in [-0.39, 0.29) is 0 Å². The Kier molecular flexibility index (Phi) is 2.55. The molecule has 2 nitrogen and oxygen atoms in total. The third-order valence-corrected chi connectivity index (χ3v) is 4.39. The van der Waals surface area contributed by atoms with Gasteiger partial charge in [0.15, 0.2) is 0 Å². The molecule has 4 heteroatoms. The number of thiocarbonyl (C=S) groups is 1. The maximum atomic E-state index is 5.56. The lowest BCUT2D eigenvalue weighted by Crippen LogP contribution is -2.10. The summed E-state index contributed by atoms with van der Waals surface area (Å²) in [5.74, 6) is 0. The van der Waals surface area contributed by atoms with E-state index >= 15 is 0 Å². The van der Waals surface area contributed by atoms with Crippen LogP contribution in [0.2, 0.25) is 0 Å². The summed E-state index contributed by atoms with van der Waals surface area (Å²) in [7, 11) is 0. The van der Waals surface area contributed by atoms with Gasteiger partial charge in [0.25, 0.3) is 0 Å². The first-order chi connectivity index (χ1) is 9.75. The zero-order chi connectivity index (χ0) is 13.7. The molecule has 0 saturated heterocycles. The Morgan fingerprint density at radius 3 is 2.55 bits per heavy atom. The molecule has 1 N–H and O–H groups in total. The minimum atomic E-state index is 0.780. The van der Waals surface area contributed by atoms with Crippen molar-refractivity contribution in [1.82, 2.24) is 4.98 Å². The monoisotopic (exact) mass is 294 g/mol. The molecule has 96 valence electrons. The van der Waals surface area contributed by atoms with Gasteiger partial charge in [-0.25, -0.2) is 4.99 Å². The van der Waals surface area contributed by atoms with E-state index in [4.69, 9.17) is 12.2 Å². The van der Waals surface area contributed by atoms with Crippen molar-refractivity contribution in [2.24, 2.45) is 4.99 Å². The normalized spacial score (nSPS) is 13.7. The molecule has 20 heavy (non-hydrogen) atoms. The molecular weight excluding hydrogens is 284 g/mol. The van der Waals surface area contributed by atoms with Gasteiger partial charge in [0.1, 0.15) is 5.71 Å². The third kappa shape index (κ3) is 1.58. The summed E-state index contributed by atoms with van der Waals surface area (Å²) in [6.07, 6.45) is 0. The van der Waals surface area contributed by atoms with Crippen molar-refractivity contribution in [3.8, 4) is 0 Å². The molecule has 1 aliphatic rings. The van der Waals surface area contributed by atoms with Crippen LogP contribution in [0.15, 0.2) is 58.4 Å². The molecule has 0 amide bonds. The van der Waals surface area contributed by atoms with Crippen molar-refractivity contribution in [3.05, 3.63) is 59.8 Å². The smallest absolute Gasteiger partial charge is 0.107 e. The molecule has 2 heterocycles. The van der Waals surface area contributed by atoms with Gasteiger partial charge >= 0.3 is 0 Å². The molecule has 3 aromatic rings. The fourth-order valence-electron chi connectivity index (χ4n) is 2.53. The summed E-state index contributed by atoms with van der Waals surface area (Å²) >= 11 is 10.2. The number of nitrogens with zero attached hydrogens (tertiary/aromatic N) is 1. The summed E-state index contributed by atoms with van der Waals surface area (Å²) in [6.45, 7) is 0. The van der Waals surface area contributed by atoms with Crippen LogP contribution in [0.3, 0.4) is 0 Å². The van der Waals surface area contributed by atoms with Gasteiger partial charge in [-0.3, -0.25) is 0 Å². The predicted molar refractivity (Wildman–Crippen MR) is 89.9 cm³/mol. The van der Waals surface area contributed by atoms with Gasteiger partial charge in [0.05, 0.1) is 16.2 Å². The lowest BCUT2D eigenvalue weighted by atomic mass is 10.1. The molecule has 0 fully saturated rings. The molecular formula is C16H10N2S2. The first-order valence-corrected chi connectivity index (χ1v) is 7.14. The second-order valence-corrected chi connectivity index (χ2v) is 5.56. The van der Waals surface area contributed by atoms with Crippen molar-refractivity contribution >= 4 is 52.0 Å². The van der Waals surface area contributed by atoms with Crippen LogP contribution >= 0.6 is 24.8 Å². The highest BCUT2D eigenvalue weighted by molar-refractivity contribution is 7.83. The maximum Gasteiger partial charge on any atom is 0.107 e. The lowest BCUT2D eigenvalue weighted by molar-refractivity contribution is 1.36. The molecule has 4 rings (SSSR count). The average molecular weight is 294 g/mol. The van der Waals surface area contributed by atoms with E-state index in [9.17, 15) is 0 Å². The van der Waals surface area contributed by atoms with Crippen LogP contribution in [-0.2, 0) is 0 Å². The van der Waals surface area contributed by atoms with Crippen molar-refractivity contribution in [3.63, 3.8) is 0 Å². The molecule has 0 bridgehead atoms. The Balaban J connectivity index is 1.94. The van der Waals surface area contributed by atoms with Gasteiger partial charge in [-0.05, 0) is 12.1 Å². The van der Waals surface area contributed by atoms with Crippen LogP contribution in [0.4, 0.5) is 5.69 Å². The van der Waals surface area contributed by atoms with Crippen LogP contribution < -0.4 is 0 Å².